The molecule has 3 fully saturated rings. The van der Waals surface area contributed by atoms with E-state index in [1.165, 1.54) is 83.7 Å². The maximum absolute atomic E-state index is 6.68. The van der Waals surface area contributed by atoms with Crippen molar-refractivity contribution in [2.24, 2.45) is 11.7 Å². The molecule has 1 heterocycles. The van der Waals surface area contributed by atoms with Gasteiger partial charge in [-0.05, 0) is 57.5 Å². The SMILES string of the molecule is NC(CCC1CC1)C1(N2CCCCC2)CCCC1. The lowest BCUT2D eigenvalue weighted by Crippen LogP contribution is -2.59. The zero-order valence-corrected chi connectivity index (χ0v) is 11.9. The Hall–Kier alpha value is -0.0800. The molecule has 0 spiro atoms. The van der Waals surface area contributed by atoms with Crippen LogP contribution < -0.4 is 5.73 Å². The second kappa shape index (κ2) is 5.50. The molecule has 2 saturated carbocycles. The fraction of sp³-hybridized carbons (Fsp3) is 1.00. The second-order valence-corrected chi connectivity index (χ2v) is 6.99. The Kier molecular flexibility index (Phi) is 3.95. The number of hydrogen-bond donors (Lipinski definition) is 1. The molecule has 0 aromatic rings. The minimum atomic E-state index is 0.398. The third-order valence-electron chi connectivity index (χ3n) is 5.73. The van der Waals surface area contributed by atoms with E-state index in [0.717, 1.165) is 5.92 Å². The molecular formula is C16H30N2. The Morgan fingerprint density at radius 3 is 2.28 bits per heavy atom. The summed E-state index contributed by atoms with van der Waals surface area (Å²) in [6.45, 7) is 2.63. The molecule has 1 atom stereocenters. The third-order valence-corrected chi connectivity index (χ3v) is 5.73. The van der Waals surface area contributed by atoms with Gasteiger partial charge in [0.15, 0.2) is 0 Å². The van der Waals surface area contributed by atoms with E-state index >= 15 is 0 Å². The van der Waals surface area contributed by atoms with Crippen molar-refractivity contribution in [3.05, 3.63) is 0 Å². The molecular weight excluding hydrogens is 220 g/mol. The van der Waals surface area contributed by atoms with Gasteiger partial charge in [0.25, 0.3) is 0 Å². The number of rotatable bonds is 5. The molecule has 0 bridgehead atoms. The molecule has 3 rings (SSSR count). The van der Waals surface area contributed by atoms with Crippen molar-refractivity contribution in [2.75, 3.05) is 13.1 Å². The molecule has 0 aromatic carbocycles. The molecule has 18 heavy (non-hydrogen) atoms. The van der Waals surface area contributed by atoms with Crippen LogP contribution in [-0.2, 0) is 0 Å². The van der Waals surface area contributed by atoms with Gasteiger partial charge in [-0.1, -0.05) is 32.1 Å². The zero-order valence-electron chi connectivity index (χ0n) is 11.9. The van der Waals surface area contributed by atoms with Crippen LogP contribution in [0.3, 0.4) is 0 Å². The van der Waals surface area contributed by atoms with Crippen LogP contribution in [0.25, 0.3) is 0 Å². The third kappa shape index (κ3) is 2.60. The summed E-state index contributed by atoms with van der Waals surface area (Å²) in [7, 11) is 0. The summed E-state index contributed by atoms with van der Waals surface area (Å²) in [5.74, 6) is 1.04. The van der Waals surface area contributed by atoms with Crippen LogP contribution in [0.4, 0.5) is 0 Å². The van der Waals surface area contributed by atoms with E-state index in [2.05, 4.69) is 4.90 Å². The molecule has 1 aliphatic heterocycles. The molecule has 0 radical (unpaired) electrons. The minimum absolute atomic E-state index is 0.398. The first-order chi connectivity index (χ1) is 8.81. The van der Waals surface area contributed by atoms with Crippen LogP contribution >= 0.6 is 0 Å². The maximum Gasteiger partial charge on any atom is 0.0360 e. The van der Waals surface area contributed by atoms with Gasteiger partial charge in [-0.3, -0.25) is 4.90 Å². The van der Waals surface area contributed by atoms with Gasteiger partial charge in [-0.25, -0.2) is 0 Å². The van der Waals surface area contributed by atoms with Crippen molar-refractivity contribution in [1.82, 2.24) is 4.90 Å². The Bertz CT molecular complexity index is 260. The van der Waals surface area contributed by atoms with E-state index in [9.17, 15) is 0 Å². The summed E-state index contributed by atoms with van der Waals surface area (Å²) in [5, 5.41) is 0. The van der Waals surface area contributed by atoms with Crippen molar-refractivity contribution in [3.63, 3.8) is 0 Å². The largest absolute Gasteiger partial charge is 0.326 e. The summed E-state index contributed by atoms with van der Waals surface area (Å²) in [5.41, 5.74) is 7.08. The minimum Gasteiger partial charge on any atom is -0.326 e. The second-order valence-electron chi connectivity index (χ2n) is 6.99. The maximum atomic E-state index is 6.68. The van der Waals surface area contributed by atoms with Gasteiger partial charge in [0.05, 0.1) is 0 Å². The topological polar surface area (TPSA) is 29.3 Å². The fourth-order valence-corrected chi connectivity index (χ4v) is 4.34. The van der Waals surface area contributed by atoms with Gasteiger partial charge in [-0.15, -0.1) is 0 Å². The lowest BCUT2D eigenvalue weighted by atomic mass is 9.82. The van der Waals surface area contributed by atoms with Crippen LogP contribution in [0, 0.1) is 5.92 Å². The molecule has 0 amide bonds. The van der Waals surface area contributed by atoms with Gasteiger partial charge < -0.3 is 5.73 Å². The highest BCUT2D eigenvalue weighted by Gasteiger charge is 2.44. The summed E-state index contributed by atoms with van der Waals surface area (Å²) < 4.78 is 0. The lowest BCUT2D eigenvalue weighted by molar-refractivity contribution is 0.0448. The van der Waals surface area contributed by atoms with Crippen LogP contribution in [0.15, 0.2) is 0 Å². The quantitative estimate of drug-likeness (QED) is 0.811. The molecule has 0 aromatic heterocycles. The zero-order chi connectivity index (χ0) is 12.4. The van der Waals surface area contributed by atoms with Crippen molar-refractivity contribution in [3.8, 4) is 0 Å². The monoisotopic (exact) mass is 250 g/mol. The smallest absolute Gasteiger partial charge is 0.0360 e. The van der Waals surface area contributed by atoms with Crippen LogP contribution in [-0.4, -0.2) is 29.6 Å². The number of hydrogen-bond acceptors (Lipinski definition) is 2. The van der Waals surface area contributed by atoms with E-state index in [4.69, 9.17) is 5.73 Å². The Morgan fingerprint density at radius 2 is 1.67 bits per heavy atom. The number of nitrogens with two attached hydrogens (primary N) is 1. The molecule has 2 aliphatic carbocycles. The first-order valence-electron chi connectivity index (χ1n) is 8.32. The highest BCUT2D eigenvalue weighted by molar-refractivity contribution is 5.03. The molecule has 2 nitrogen and oxygen atoms in total. The predicted octanol–water partition coefficient (Wildman–Crippen LogP) is 3.30. The highest BCUT2D eigenvalue weighted by Crippen LogP contribution is 2.42. The van der Waals surface area contributed by atoms with Gasteiger partial charge in [-0.2, -0.15) is 0 Å². The average Bonchev–Trinajstić information content (AvgIpc) is 3.11. The van der Waals surface area contributed by atoms with E-state index in [0.29, 0.717) is 11.6 Å². The first kappa shape index (κ1) is 12.9. The summed E-state index contributed by atoms with van der Waals surface area (Å²) in [4.78, 5) is 2.79. The van der Waals surface area contributed by atoms with E-state index < -0.39 is 0 Å². The van der Waals surface area contributed by atoms with E-state index in [-0.39, 0.29) is 0 Å². The summed E-state index contributed by atoms with van der Waals surface area (Å²) in [6.07, 6.45) is 15.4. The van der Waals surface area contributed by atoms with Crippen LogP contribution in [0.5, 0.6) is 0 Å². The fourth-order valence-electron chi connectivity index (χ4n) is 4.34. The van der Waals surface area contributed by atoms with Gasteiger partial charge in [0.2, 0.25) is 0 Å². The normalized spacial score (nSPS) is 30.5. The standard InChI is InChI=1S/C16H30N2/c17-15(9-8-14-6-7-14)16(10-2-3-11-16)18-12-4-1-5-13-18/h14-15H,1-13,17H2. The predicted molar refractivity (Wildman–Crippen MR) is 76.6 cm³/mol. The molecule has 1 unspecified atom stereocenters. The molecule has 1 saturated heterocycles. The van der Waals surface area contributed by atoms with Gasteiger partial charge in [0.1, 0.15) is 0 Å². The summed E-state index contributed by atoms with van der Waals surface area (Å²) in [6, 6.07) is 0.443. The molecule has 2 N–H and O–H groups in total. The molecule has 2 heteroatoms. The van der Waals surface area contributed by atoms with Crippen molar-refractivity contribution < 1.29 is 0 Å². The summed E-state index contributed by atoms with van der Waals surface area (Å²) >= 11 is 0. The molecule has 3 aliphatic rings. The Morgan fingerprint density at radius 1 is 1.00 bits per heavy atom. The van der Waals surface area contributed by atoms with Crippen molar-refractivity contribution >= 4 is 0 Å². The molecule has 104 valence electrons. The lowest BCUT2D eigenvalue weighted by Gasteiger charge is -2.47. The van der Waals surface area contributed by atoms with Crippen molar-refractivity contribution in [2.45, 2.75) is 82.2 Å². The van der Waals surface area contributed by atoms with Crippen LogP contribution in [0.2, 0.25) is 0 Å². The van der Waals surface area contributed by atoms with Gasteiger partial charge in [0, 0.05) is 11.6 Å². The van der Waals surface area contributed by atoms with Crippen molar-refractivity contribution in [1.29, 1.82) is 0 Å². The van der Waals surface area contributed by atoms with Crippen LogP contribution in [0.1, 0.15) is 70.6 Å². The average molecular weight is 250 g/mol. The Balaban J connectivity index is 1.63. The van der Waals surface area contributed by atoms with E-state index in [1.807, 2.05) is 0 Å². The Labute approximate surface area is 112 Å². The number of likely N-dealkylation sites (tertiary alicyclic amines) is 1. The number of piperidine rings is 1. The van der Waals surface area contributed by atoms with Gasteiger partial charge >= 0.3 is 0 Å². The van der Waals surface area contributed by atoms with E-state index in [1.54, 1.807) is 0 Å². The first-order valence-corrected chi connectivity index (χ1v) is 8.32. The highest BCUT2D eigenvalue weighted by atomic mass is 15.2. The number of nitrogens with zero attached hydrogens (tertiary/aromatic N) is 1.